The minimum absolute atomic E-state index is 0.191. The first kappa shape index (κ1) is 10.2. The molecule has 0 fully saturated rings. The van der Waals surface area contributed by atoms with E-state index in [4.69, 9.17) is 5.90 Å². The molecule has 2 N–H and O–H groups in total. The Labute approximate surface area is 80.2 Å². The van der Waals surface area contributed by atoms with E-state index >= 15 is 0 Å². The van der Waals surface area contributed by atoms with Crippen molar-refractivity contribution in [2.24, 2.45) is 5.90 Å². The normalized spacial score (nSPS) is 12.5. The molecule has 13 heavy (non-hydrogen) atoms. The van der Waals surface area contributed by atoms with Gasteiger partial charge in [0.25, 0.3) is 0 Å². The van der Waals surface area contributed by atoms with E-state index in [9.17, 15) is 4.79 Å². The van der Waals surface area contributed by atoms with Crippen LogP contribution in [0.25, 0.3) is 0 Å². The van der Waals surface area contributed by atoms with E-state index in [2.05, 4.69) is 9.57 Å². The molecule has 1 heterocycles. The quantitative estimate of drug-likeness (QED) is 0.594. The molecule has 1 atom stereocenters. The Morgan fingerprint density at radius 2 is 2.31 bits per heavy atom. The van der Waals surface area contributed by atoms with Crippen LogP contribution in [0, 0.1) is 0 Å². The molecule has 72 valence electrons. The van der Waals surface area contributed by atoms with Crippen LogP contribution in [-0.2, 0) is 9.57 Å². The predicted octanol–water partition coefficient (Wildman–Crippen LogP) is 1.49. The van der Waals surface area contributed by atoms with Gasteiger partial charge in [0.1, 0.15) is 11.0 Å². The zero-order chi connectivity index (χ0) is 9.84. The van der Waals surface area contributed by atoms with Crippen molar-refractivity contribution in [3.8, 4) is 0 Å². The highest BCUT2D eigenvalue weighted by Crippen LogP contribution is 2.24. The Balaban J connectivity index is 2.80. The second-order valence-corrected chi connectivity index (χ2v) is 3.59. The van der Waals surface area contributed by atoms with Gasteiger partial charge in [0, 0.05) is 4.88 Å². The SMILES string of the molecule is COC(=O)c1ccc(C(C)ON)s1. The van der Waals surface area contributed by atoms with E-state index < -0.39 is 0 Å². The Morgan fingerprint density at radius 3 is 2.85 bits per heavy atom. The molecule has 0 aliphatic rings. The highest BCUT2D eigenvalue weighted by molar-refractivity contribution is 7.14. The fourth-order valence-corrected chi connectivity index (χ4v) is 1.76. The fourth-order valence-electron chi connectivity index (χ4n) is 0.849. The molecule has 0 radical (unpaired) electrons. The van der Waals surface area contributed by atoms with Gasteiger partial charge in [0.2, 0.25) is 0 Å². The van der Waals surface area contributed by atoms with Crippen LogP contribution >= 0.6 is 11.3 Å². The van der Waals surface area contributed by atoms with Crippen molar-refractivity contribution in [3.05, 3.63) is 21.9 Å². The molecule has 0 saturated heterocycles. The van der Waals surface area contributed by atoms with Gasteiger partial charge in [-0.2, -0.15) is 0 Å². The maximum Gasteiger partial charge on any atom is 0.348 e. The number of hydrogen-bond acceptors (Lipinski definition) is 5. The molecule has 0 aromatic carbocycles. The Kier molecular flexibility index (Phi) is 3.41. The van der Waals surface area contributed by atoms with Gasteiger partial charge in [-0.05, 0) is 19.1 Å². The van der Waals surface area contributed by atoms with Gasteiger partial charge in [-0.1, -0.05) is 0 Å². The Morgan fingerprint density at radius 1 is 1.62 bits per heavy atom. The summed E-state index contributed by atoms with van der Waals surface area (Å²) < 4.78 is 4.56. The lowest BCUT2D eigenvalue weighted by molar-refractivity contribution is 0.0606. The van der Waals surface area contributed by atoms with Crippen molar-refractivity contribution >= 4 is 17.3 Å². The van der Waals surface area contributed by atoms with Crippen LogP contribution in [0.1, 0.15) is 27.6 Å². The molecule has 5 heteroatoms. The van der Waals surface area contributed by atoms with E-state index in [1.54, 1.807) is 12.1 Å². The van der Waals surface area contributed by atoms with E-state index in [1.165, 1.54) is 18.4 Å². The van der Waals surface area contributed by atoms with Gasteiger partial charge in [-0.3, -0.25) is 4.84 Å². The second kappa shape index (κ2) is 4.36. The summed E-state index contributed by atoms with van der Waals surface area (Å²) in [5.74, 6) is 4.68. The molecule has 1 unspecified atom stereocenters. The molecule has 0 saturated carbocycles. The Bertz CT molecular complexity index is 297. The van der Waals surface area contributed by atoms with Crippen LogP contribution in [0.15, 0.2) is 12.1 Å². The van der Waals surface area contributed by atoms with Crippen molar-refractivity contribution < 1.29 is 14.4 Å². The van der Waals surface area contributed by atoms with Crippen molar-refractivity contribution in [1.82, 2.24) is 0 Å². The highest BCUT2D eigenvalue weighted by atomic mass is 32.1. The molecule has 0 bridgehead atoms. The summed E-state index contributed by atoms with van der Waals surface area (Å²) in [4.78, 5) is 17.1. The maximum atomic E-state index is 11.1. The Hall–Kier alpha value is -0.910. The minimum Gasteiger partial charge on any atom is -0.465 e. The lowest BCUT2D eigenvalue weighted by Crippen LogP contribution is -2.03. The molecule has 0 aliphatic carbocycles. The summed E-state index contributed by atoms with van der Waals surface area (Å²) >= 11 is 1.32. The zero-order valence-corrected chi connectivity index (χ0v) is 8.26. The summed E-state index contributed by atoms with van der Waals surface area (Å²) in [6, 6.07) is 3.50. The van der Waals surface area contributed by atoms with E-state index in [0.717, 1.165) is 4.88 Å². The fraction of sp³-hybridized carbons (Fsp3) is 0.375. The average molecular weight is 201 g/mol. The number of ether oxygens (including phenoxy) is 1. The first-order valence-electron chi connectivity index (χ1n) is 3.72. The summed E-state index contributed by atoms with van der Waals surface area (Å²) in [7, 11) is 1.35. The van der Waals surface area contributed by atoms with Crippen molar-refractivity contribution in [2.75, 3.05) is 7.11 Å². The third-order valence-corrected chi connectivity index (χ3v) is 2.84. The molecule has 1 aromatic rings. The van der Waals surface area contributed by atoms with Gasteiger partial charge < -0.3 is 4.74 Å². The molecular weight excluding hydrogens is 190 g/mol. The number of methoxy groups -OCH3 is 1. The summed E-state index contributed by atoms with van der Waals surface area (Å²) in [5, 5.41) is 0. The second-order valence-electron chi connectivity index (χ2n) is 2.47. The van der Waals surface area contributed by atoms with E-state index in [0.29, 0.717) is 4.88 Å². The van der Waals surface area contributed by atoms with E-state index in [-0.39, 0.29) is 12.1 Å². The lowest BCUT2D eigenvalue weighted by Gasteiger charge is -2.03. The standard InChI is InChI=1S/C8H11NO3S/c1-5(12-9)6-3-4-7(13-6)8(10)11-2/h3-5H,9H2,1-2H3. The third-order valence-electron chi connectivity index (χ3n) is 1.62. The minimum atomic E-state index is -0.333. The lowest BCUT2D eigenvalue weighted by atomic mass is 10.3. The number of nitrogens with two attached hydrogens (primary N) is 1. The third kappa shape index (κ3) is 2.27. The van der Waals surface area contributed by atoms with E-state index in [1.807, 2.05) is 6.92 Å². The van der Waals surface area contributed by atoms with Gasteiger partial charge in [0.05, 0.1) is 7.11 Å². The predicted molar refractivity (Wildman–Crippen MR) is 49.3 cm³/mol. The van der Waals surface area contributed by atoms with Crippen LogP contribution in [0.3, 0.4) is 0 Å². The summed E-state index contributed by atoms with van der Waals surface area (Å²) in [5.41, 5.74) is 0. The molecular formula is C8H11NO3S. The van der Waals surface area contributed by atoms with Crippen molar-refractivity contribution in [1.29, 1.82) is 0 Å². The first-order valence-corrected chi connectivity index (χ1v) is 4.54. The number of carbonyl (C=O) groups is 1. The number of rotatable bonds is 3. The number of esters is 1. The van der Waals surface area contributed by atoms with Crippen LogP contribution < -0.4 is 5.90 Å². The van der Waals surface area contributed by atoms with Crippen LogP contribution in [0.2, 0.25) is 0 Å². The number of thiophene rings is 1. The molecule has 4 nitrogen and oxygen atoms in total. The number of carbonyl (C=O) groups excluding carboxylic acids is 1. The maximum absolute atomic E-state index is 11.1. The first-order chi connectivity index (χ1) is 6.19. The van der Waals surface area contributed by atoms with Gasteiger partial charge in [-0.15, -0.1) is 11.3 Å². The van der Waals surface area contributed by atoms with Crippen LogP contribution in [0.5, 0.6) is 0 Å². The smallest absolute Gasteiger partial charge is 0.348 e. The van der Waals surface area contributed by atoms with Crippen molar-refractivity contribution in [3.63, 3.8) is 0 Å². The molecule has 1 rings (SSSR count). The average Bonchev–Trinajstić information content (AvgIpc) is 2.64. The topological polar surface area (TPSA) is 61.5 Å². The highest BCUT2D eigenvalue weighted by Gasteiger charge is 2.12. The molecule has 0 amide bonds. The molecule has 1 aromatic heterocycles. The van der Waals surface area contributed by atoms with Gasteiger partial charge >= 0.3 is 5.97 Å². The van der Waals surface area contributed by atoms with Gasteiger partial charge in [0.15, 0.2) is 0 Å². The molecule has 0 spiro atoms. The van der Waals surface area contributed by atoms with Crippen molar-refractivity contribution in [2.45, 2.75) is 13.0 Å². The molecule has 0 aliphatic heterocycles. The van der Waals surface area contributed by atoms with Crippen LogP contribution in [0.4, 0.5) is 0 Å². The zero-order valence-electron chi connectivity index (χ0n) is 7.44. The summed E-state index contributed by atoms with van der Waals surface area (Å²) in [6.45, 7) is 1.81. The summed E-state index contributed by atoms with van der Waals surface area (Å²) in [6.07, 6.45) is -0.191. The van der Waals surface area contributed by atoms with Gasteiger partial charge in [-0.25, -0.2) is 10.7 Å². The monoisotopic (exact) mass is 201 g/mol. The van der Waals surface area contributed by atoms with Crippen LogP contribution in [-0.4, -0.2) is 13.1 Å². The largest absolute Gasteiger partial charge is 0.465 e. The number of hydrogen-bond donors (Lipinski definition) is 1.